The number of methoxy groups -OCH3 is 1. The van der Waals surface area contributed by atoms with Crippen LogP contribution in [0.2, 0.25) is 5.02 Å². The van der Waals surface area contributed by atoms with E-state index in [1.165, 1.54) is 31.8 Å². The highest BCUT2D eigenvalue weighted by molar-refractivity contribution is 6.34. The number of carbonyl (C=O) groups excluding carboxylic acids is 3. The molecule has 2 N–H and O–H groups in total. The minimum Gasteiger partial charge on any atom is -0.472 e. The SMILES string of the molecule is COC(=O)c1cc(CNC(=O)c2ccoc2)cc(NC(=O)c2ccccc2Cl)c1. The van der Waals surface area contributed by atoms with Crippen LogP contribution < -0.4 is 10.6 Å². The van der Waals surface area contributed by atoms with Gasteiger partial charge in [0.25, 0.3) is 11.8 Å². The van der Waals surface area contributed by atoms with Crippen molar-refractivity contribution in [2.24, 2.45) is 0 Å². The maximum Gasteiger partial charge on any atom is 0.337 e. The van der Waals surface area contributed by atoms with Gasteiger partial charge in [0.05, 0.1) is 35.1 Å². The summed E-state index contributed by atoms with van der Waals surface area (Å²) in [5.41, 5.74) is 1.87. The first-order chi connectivity index (χ1) is 14.0. The van der Waals surface area contributed by atoms with E-state index < -0.39 is 11.9 Å². The van der Waals surface area contributed by atoms with Crippen LogP contribution in [0.15, 0.2) is 65.5 Å². The number of carbonyl (C=O) groups is 3. The van der Waals surface area contributed by atoms with Crippen molar-refractivity contribution >= 4 is 35.1 Å². The lowest BCUT2D eigenvalue weighted by atomic mass is 10.1. The number of rotatable bonds is 6. The Bertz CT molecular complexity index is 1050. The summed E-state index contributed by atoms with van der Waals surface area (Å²) >= 11 is 6.06. The Hall–Kier alpha value is -3.58. The lowest BCUT2D eigenvalue weighted by Crippen LogP contribution is -2.22. The number of amides is 2. The van der Waals surface area contributed by atoms with Crippen LogP contribution in [0.5, 0.6) is 0 Å². The number of nitrogens with one attached hydrogen (secondary N) is 2. The molecule has 0 aliphatic carbocycles. The van der Waals surface area contributed by atoms with Crippen LogP contribution in [0.4, 0.5) is 5.69 Å². The molecule has 0 spiro atoms. The molecule has 3 rings (SSSR count). The molecule has 0 saturated carbocycles. The molecule has 0 bridgehead atoms. The number of ether oxygens (including phenoxy) is 1. The summed E-state index contributed by atoms with van der Waals surface area (Å²) in [6, 6.07) is 12.9. The summed E-state index contributed by atoms with van der Waals surface area (Å²) in [4.78, 5) is 36.6. The predicted molar refractivity (Wildman–Crippen MR) is 107 cm³/mol. The van der Waals surface area contributed by atoms with Crippen LogP contribution in [0, 0.1) is 0 Å². The summed E-state index contributed by atoms with van der Waals surface area (Å²) in [7, 11) is 1.26. The number of furan rings is 1. The Kier molecular flexibility index (Phi) is 6.31. The van der Waals surface area contributed by atoms with Gasteiger partial charge in [-0.05, 0) is 42.0 Å². The van der Waals surface area contributed by atoms with Gasteiger partial charge in [0, 0.05) is 12.2 Å². The van der Waals surface area contributed by atoms with Gasteiger partial charge < -0.3 is 19.8 Å². The number of benzene rings is 2. The van der Waals surface area contributed by atoms with Crippen LogP contribution in [0.1, 0.15) is 36.6 Å². The maximum atomic E-state index is 12.5. The molecule has 8 heteroatoms. The molecule has 0 aliphatic rings. The third-order valence-corrected chi connectivity index (χ3v) is 4.36. The number of hydrogen-bond donors (Lipinski definition) is 2. The molecule has 3 aromatic rings. The van der Waals surface area contributed by atoms with E-state index in [1.54, 1.807) is 36.4 Å². The van der Waals surface area contributed by atoms with Crippen molar-refractivity contribution < 1.29 is 23.5 Å². The van der Waals surface area contributed by atoms with Crippen molar-refractivity contribution in [1.82, 2.24) is 5.32 Å². The van der Waals surface area contributed by atoms with Gasteiger partial charge in [-0.25, -0.2) is 4.79 Å². The number of anilines is 1. The van der Waals surface area contributed by atoms with Crippen molar-refractivity contribution in [2.75, 3.05) is 12.4 Å². The van der Waals surface area contributed by atoms with E-state index >= 15 is 0 Å². The van der Waals surface area contributed by atoms with Crippen LogP contribution >= 0.6 is 11.6 Å². The van der Waals surface area contributed by atoms with E-state index in [2.05, 4.69) is 10.6 Å². The molecule has 0 aliphatic heterocycles. The average molecular weight is 413 g/mol. The van der Waals surface area contributed by atoms with Gasteiger partial charge in [-0.2, -0.15) is 0 Å². The highest BCUT2D eigenvalue weighted by Gasteiger charge is 2.14. The lowest BCUT2D eigenvalue weighted by molar-refractivity contribution is 0.0600. The summed E-state index contributed by atoms with van der Waals surface area (Å²) in [5.74, 6) is -1.32. The van der Waals surface area contributed by atoms with Gasteiger partial charge in [0.1, 0.15) is 6.26 Å². The Balaban J connectivity index is 1.81. The molecular formula is C21H17ClN2O5. The predicted octanol–water partition coefficient (Wildman–Crippen LogP) is 3.90. The normalized spacial score (nSPS) is 10.3. The molecule has 1 heterocycles. The minimum atomic E-state index is -0.568. The average Bonchev–Trinajstić information content (AvgIpc) is 3.26. The van der Waals surface area contributed by atoms with Gasteiger partial charge in [-0.15, -0.1) is 0 Å². The second kappa shape index (κ2) is 9.07. The number of hydrogen-bond acceptors (Lipinski definition) is 5. The molecule has 0 fully saturated rings. The van der Waals surface area contributed by atoms with E-state index in [0.717, 1.165) is 0 Å². The molecule has 148 valence electrons. The van der Waals surface area contributed by atoms with Crippen molar-refractivity contribution in [3.63, 3.8) is 0 Å². The molecule has 2 amide bonds. The number of esters is 1. The largest absolute Gasteiger partial charge is 0.472 e. The summed E-state index contributed by atoms with van der Waals surface area (Å²) in [6.07, 6.45) is 2.73. The van der Waals surface area contributed by atoms with Gasteiger partial charge in [-0.3, -0.25) is 9.59 Å². The van der Waals surface area contributed by atoms with Crippen LogP contribution in [0.25, 0.3) is 0 Å². The Morgan fingerprint density at radius 3 is 2.52 bits per heavy atom. The van der Waals surface area contributed by atoms with Crippen LogP contribution in [-0.2, 0) is 11.3 Å². The fourth-order valence-electron chi connectivity index (χ4n) is 2.62. The zero-order valence-corrected chi connectivity index (χ0v) is 16.2. The van der Waals surface area contributed by atoms with Gasteiger partial charge >= 0.3 is 5.97 Å². The molecule has 0 radical (unpaired) electrons. The van der Waals surface area contributed by atoms with E-state index in [-0.39, 0.29) is 18.0 Å². The second-order valence-electron chi connectivity index (χ2n) is 6.04. The Morgan fingerprint density at radius 1 is 1.03 bits per heavy atom. The van der Waals surface area contributed by atoms with E-state index in [4.69, 9.17) is 20.8 Å². The molecule has 29 heavy (non-hydrogen) atoms. The fourth-order valence-corrected chi connectivity index (χ4v) is 2.85. The molecule has 0 atom stereocenters. The van der Waals surface area contributed by atoms with Gasteiger partial charge in [0.15, 0.2) is 0 Å². The smallest absolute Gasteiger partial charge is 0.337 e. The molecule has 2 aromatic carbocycles. The molecular weight excluding hydrogens is 396 g/mol. The standard InChI is InChI=1S/C21H17ClN2O5/c1-28-21(27)15-8-13(11-23-19(25)14-6-7-29-12-14)9-16(10-15)24-20(26)17-4-2-3-5-18(17)22/h2-10,12H,11H2,1H3,(H,23,25)(H,24,26). The highest BCUT2D eigenvalue weighted by atomic mass is 35.5. The van der Waals surface area contributed by atoms with E-state index in [9.17, 15) is 14.4 Å². The van der Waals surface area contributed by atoms with Crippen molar-refractivity contribution in [3.8, 4) is 0 Å². The van der Waals surface area contributed by atoms with Crippen LogP contribution in [0.3, 0.4) is 0 Å². The zero-order chi connectivity index (χ0) is 20.8. The maximum absolute atomic E-state index is 12.5. The van der Waals surface area contributed by atoms with Crippen molar-refractivity contribution in [3.05, 3.63) is 88.3 Å². The van der Waals surface area contributed by atoms with Crippen molar-refractivity contribution in [1.29, 1.82) is 0 Å². The highest BCUT2D eigenvalue weighted by Crippen LogP contribution is 2.20. The Labute approximate surface area is 171 Å². The quantitative estimate of drug-likeness (QED) is 0.598. The fraction of sp³-hybridized carbons (Fsp3) is 0.0952. The first-order valence-electron chi connectivity index (χ1n) is 8.56. The first kappa shape index (κ1) is 20.2. The molecule has 1 aromatic heterocycles. The van der Waals surface area contributed by atoms with E-state index in [0.29, 0.717) is 27.4 Å². The Morgan fingerprint density at radius 2 is 1.83 bits per heavy atom. The summed E-state index contributed by atoms with van der Waals surface area (Å²) < 4.78 is 9.65. The first-order valence-corrected chi connectivity index (χ1v) is 8.94. The van der Waals surface area contributed by atoms with Crippen LogP contribution in [-0.4, -0.2) is 24.9 Å². The van der Waals surface area contributed by atoms with Gasteiger partial charge in [0.2, 0.25) is 0 Å². The third kappa shape index (κ3) is 5.03. The van der Waals surface area contributed by atoms with Gasteiger partial charge in [-0.1, -0.05) is 23.7 Å². The lowest BCUT2D eigenvalue weighted by Gasteiger charge is -2.11. The summed E-state index contributed by atoms with van der Waals surface area (Å²) in [5, 5.41) is 5.74. The monoisotopic (exact) mass is 412 g/mol. The summed E-state index contributed by atoms with van der Waals surface area (Å²) in [6.45, 7) is 0.129. The van der Waals surface area contributed by atoms with Crippen molar-refractivity contribution in [2.45, 2.75) is 6.54 Å². The third-order valence-electron chi connectivity index (χ3n) is 4.03. The topological polar surface area (TPSA) is 97.6 Å². The molecule has 0 saturated heterocycles. The molecule has 0 unspecified atom stereocenters. The van der Waals surface area contributed by atoms with E-state index in [1.807, 2.05) is 0 Å². The molecule has 7 nitrogen and oxygen atoms in total. The number of halogens is 1. The zero-order valence-electron chi connectivity index (χ0n) is 15.4. The minimum absolute atomic E-state index is 0.129. The second-order valence-corrected chi connectivity index (χ2v) is 6.45.